The first-order valence-corrected chi connectivity index (χ1v) is 3.47. The summed E-state index contributed by atoms with van der Waals surface area (Å²) >= 11 is 5.24. The molecular formula is C6H10ClF2N. The number of rotatable bonds is 3. The molecule has 0 aromatic carbocycles. The first-order chi connectivity index (χ1) is 4.63. The van der Waals surface area contributed by atoms with Gasteiger partial charge in [0.2, 0.25) is 0 Å². The van der Waals surface area contributed by atoms with E-state index in [-0.39, 0.29) is 0 Å². The highest BCUT2D eigenvalue weighted by Gasteiger charge is 2.08. The van der Waals surface area contributed by atoms with Crippen LogP contribution in [0.25, 0.3) is 0 Å². The van der Waals surface area contributed by atoms with Gasteiger partial charge in [-0.3, -0.25) is 0 Å². The van der Waals surface area contributed by atoms with E-state index >= 15 is 0 Å². The quantitative estimate of drug-likeness (QED) is 0.587. The summed E-state index contributed by atoms with van der Waals surface area (Å²) in [5.41, 5.74) is 0. The molecule has 0 rings (SSSR count). The number of nitrogens with zero attached hydrogens (tertiary/aromatic N) is 1. The minimum absolute atomic E-state index is 0.440. The van der Waals surface area contributed by atoms with Crippen LogP contribution in [0.15, 0.2) is 11.2 Å². The van der Waals surface area contributed by atoms with Gasteiger partial charge in [-0.1, -0.05) is 11.6 Å². The van der Waals surface area contributed by atoms with Crippen LogP contribution < -0.4 is 0 Å². The molecule has 1 nitrogen and oxygen atoms in total. The molecule has 0 bridgehead atoms. The molecule has 0 N–H and O–H groups in total. The molecule has 0 heterocycles. The number of hydrogen-bond acceptors (Lipinski definition) is 1. The Labute approximate surface area is 64.3 Å². The first kappa shape index (κ1) is 9.69. The Morgan fingerprint density at radius 1 is 1.30 bits per heavy atom. The van der Waals surface area contributed by atoms with Crippen molar-refractivity contribution in [3.8, 4) is 0 Å². The van der Waals surface area contributed by atoms with E-state index in [4.69, 9.17) is 11.6 Å². The van der Waals surface area contributed by atoms with E-state index in [2.05, 4.69) is 0 Å². The van der Waals surface area contributed by atoms with E-state index in [0.29, 0.717) is 13.1 Å². The van der Waals surface area contributed by atoms with Crippen LogP contribution in [0.3, 0.4) is 0 Å². The second-order valence-electron chi connectivity index (χ2n) is 1.72. The van der Waals surface area contributed by atoms with Crippen molar-refractivity contribution in [3.63, 3.8) is 0 Å². The summed E-state index contributed by atoms with van der Waals surface area (Å²) in [5.74, 6) is 0. The molecule has 0 amide bonds. The van der Waals surface area contributed by atoms with Crippen molar-refractivity contribution in [2.75, 3.05) is 13.1 Å². The average molecular weight is 170 g/mol. The summed E-state index contributed by atoms with van der Waals surface area (Å²) in [6.45, 7) is 4.56. The van der Waals surface area contributed by atoms with Crippen LogP contribution in [0.2, 0.25) is 0 Å². The monoisotopic (exact) mass is 169 g/mol. The van der Waals surface area contributed by atoms with Crippen LogP contribution in [0.1, 0.15) is 13.8 Å². The third-order valence-electron chi connectivity index (χ3n) is 1.20. The summed E-state index contributed by atoms with van der Waals surface area (Å²) in [6.07, 6.45) is -1.81. The van der Waals surface area contributed by atoms with Crippen LogP contribution in [-0.4, -0.2) is 18.0 Å². The maximum Gasteiger partial charge on any atom is 0.305 e. The minimum Gasteiger partial charge on any atom is -0.358 e. The van der Waals surface area contributed by atoms with Gasteiger partial charge in [0.15, 0.2) is 5.16 Å². The summed E-state index contributed by atoms with van der Waals surface area (Å²) in [5, 5.41) is -0.440. The average Bonchev–Trinajstić information content (AvgIpc) is 1.90. The third-order valence-corrected chi connectivity index (χ3v) is 1.58. The van der Waals surface area contributed by atoms with Crippen molar-refractivity contribution < 1.29 is 8.78 Å². The van der Waals surface area contributed by atoms with Crippen molar-refractivity contribution in [2.45, 2.75) is 13.8 Å². The van der Waals surface area contributed by atoms with E-state index in [9.17, 15) is 8.78 Å². The zero-order valence-electron chi connectivity index (χ0n) is 6.00. The molecule has 0 unspecified atom stereocenters. The molecule has 0 radical (unpaired) electrons. The lowest BCUT2D eigenvalue weighted by molar-refractivity contribution is 0.341. The first-order valence-electron chi connectivity index (χ1n) is 3.09. The molecule has 0 fully saturated rings. The van der Waals surface area contributed by atoms with Crippen molar-refractivity contribution >= 4 is 11.6 Å². The SMILES string of the molecule is CCN(CC)C(Cl)=C(F)F. The smallest absolute Gasteiger partial charge is 0.305 e. The molecule has 0 aliphatic rings. The molecule has 0 saturated heterocycles. The summed E-state index contributed by atoms with van der Waals surface area (Å²) in [4.78, 5) is 1.39. The maximum absolute atomic E-state index is 11.8. The predicted octanol–water partition coefficient (Wildman–Crippen LogP) is 2.63. The normalized spacial score (nSPS) is 9.30. The highest BCUT2D eigenvalue weighted by atomic mass is 35.5. The van der Waals surface area contributed by atoms with Crippen molar-refractivity contribution in [2.24, 2.45) is 0 Å². The lowest BCUT2D eigenvalue weighted by atomic mass is 10.5. The van der Waals surface area contributed by atoms with Crippen LogP contribution >= 0.6 is 11.6 Å². The fourth-order valence-electron chi connectivity index (χ4n) is 0.621. The van der Waals surface area contributed by atoms with Gasteiger partial charge < -0.3 is 4.90 Å². The van der Waals surface area contributed by atoms with Gasteiger partial charge in [-0.05, 0) is 13.8 Å². The van der Waals surface area contributed by atoms with Crippen molar-refractivity contribution in [1.29, 1.82) is 0 Å². The van der Waals surface area contributed by atoms with E-state index < -0.39 is 11.2 Å². The Morgan fingerprint density at radius 3 is 1.80 bits per heavy atom. The number of hydrogen-bond donors (Lipinski definition) is 0. The molecule has 0 aliphatic carbocycles. The largest absolute Gasteiger partial charge is 0.358 e. The minimum atomic E-state index is -1.81. The molecule has 10 heavy (non-hydrogen) atoms. The van der Waals surface area contributed by atoms with Gasteiger partial charge in [-0.25, -0.2) is 0 Å². The molecule has 0 aromatic rings. The molecule has 60 valence electrons. The Hall–Kier alpha value is -0.310. The molecule has 4 heteroatoms. The Kier molecular flexibility index (Phi) is 4.36. The van der Waals surface area contributed by atoms with Gasteiger partial charge >= 0.3 is 6.08 Å². The molecule has 0 saturated carbocycles. The van der Waals surface area contributed by atoms with E-state index in [1.165, 1.54) is 4.90 Å². The van der Waals surface area contributed by atoms with Gasteiger partial charge in [0.05, 0.1) is 0 Å². The predicted molar refractivity (Wildman–Crippen MR) is 38.0 cm³/mol. The van der Waals surface area contributed by atoms with E-state index in [1.807, 2.05) is 0 Å². The van der Waals surface area contributed by atoms with E-state index in [1.54, 1.807) is 13.8 Å². The van der Waals surface area contributed by atoms with Crippen LogP contribution in [-0.2, 0) is 0 Å². The van der Waals surface area contributed by atoms with Crippen LogP contribution in [0.5, 0.6) is 0 Å². The molecule has 0 atom stereocenters. The Bertz CT molecular complexity index is 128. The topological polar surface area (TPSA) is 3.24 Å². The molecule has 0 aromatic heterocycles. The van der Waals surface area contributed by atoms with Gasteiger partial charge in [-0.2, -0.15) is 8.78 Å². The summed E-state index contributed by atoms with van der Waals surface area (Å²) in [7, 11) is 0. The second kappa shape index (κ2) is 4.50. The lowest BCUT2D eigenvalue weighted by Gasteiger charge is -2.17. The van der Waals surface area contributed by atoms with Gasteiger partial charge in [0, 0.05) is 13.1 Å². The van der Waals surface area contributed by atoms with Crippen molar-refractivity contribution in [3.05, 3.63) is 11.2 Å². The molecule has 0 aliphatic heterocycles. The van der Waals surface area contributed by atoms with Crippen LogP contribution in [0.4, 0.5) is 8.78 Å². The van der Waals surface area contributed by atoms with Gasteiger partial charge in [0.25, 0.3) is 0 Å². The third kappa shape index (κ3) is 2.52. The van der Waals surface area contributed by atoms with Gasteiger partial charge in [0.1, 0.15) is 0 Å². The summed E-state index contributed by atoms with van der Waals surface area (Å²) < 4.78 is 23.5. The fourth-order valence-corrected chi connectivity index (χ4v) is 0.860. The lowest BCUT2D eigenvalue weighted by Crippen LogP contribution is -2.19. The molecule has 0 spiro atoms. The van der Waals surface area contributed by atoms with Crippen LogP contribution in [0, 0.1) is 0 Å². The Balaban J connectivity index is 4.15. The zero-order valence-corrected chi connectivity index (χ0v) is 6.75. The highest BCUT2D eigenvalue weighted by Crippen LogP contribution is 2.16. The zero-order chi connectivity index (χ0) is 8.15. The highest BCUT2D eigenvalue weighted by molar-refractivity contribution is 6.29. The fraction of sp³-hybridized carbons (Fsp3) is 0.667. The standard InChI is InChI=1S/C6H10ClF2N/c1-3-10(4-2)5(7)6(8)9/h3-4H2,1-2H3. The summed E-state index contributed by atoms with van der Waals surface area (Å²) in [6, 6.07) is 0. The Morgan fingerprint density at radius 2 is 1.70 bits per heavy atom. The molecular weight excluding hydrogens is 160 g/mol. The van der Waals surface area contributed by atoms with E-state index in [0.717, 1.165) is 0 Å². The van der Waals surface area contributed by atoms with Gasteiger partial charge in [-0.15, -0.1) is 0 Å². The number of halogens is 3. The van der Waals surface area contributed by atoms with Crippen molar-refractivity contribution in [1.82, 2.24) is 4.90 Å². The second-order valence-corrected chi connectivity index (χ2v) is 2.08. The maximum atomic E-state index is 11.8.